The minimum atomic E-state index is -0.286. The number of hydrogen-bond acceptors (Lipinski definition) is 2. The molecular formula is C10H9BrFN3. The minimum Gasteiger partial charge on any atom is -0.396 e. The molecule has 78 valence electrons. The van der Waals surface area contributed by atoms with Crippen molar-refractivity contribution in [3.63, 3.8) is 0 Å². The van der Waals surface area contributed by atoms with E-state index in [4.69, 9.17) is 5.73 Å². The van der Waals surface area contributed by atoms with Crippen molar-refractivity contribution >= 4 is 21.6 Å². The molecule has 1 heterocycles. The first-order valence-corrected chi connectivity index (χ1v) is 5.12. The molecule has 0 saturated heterocycles. The van der Waals surface area contributed by atoms with E-state index in [9.17, 15) is 4.39 Å². The van der Waals surface area contributed by atoms with Crippen molar-refractivity contribution in [2.45, 2.75) is 0 Å². The monoisotopic (exact) mass is 269 g/mol. The molecule has 0 saturated carbocycles. The van der Waals surface area contributed by atoms with Gasteiger partial charge >= 0.3 is 0 Å². The summed E-state index contributed by atoms with van der Waals surface area (Å²) in [5.41, 5.74) is 7.96. The van der Waals surface area contributed by atoms with Crippen LogP contribution in [0.2, 0.25) is 0 Å². The molecule has 15 heavy (non-hydrogen) atoms. The molecule has 0 atom stereocenters. The topological polar surface area (TPSA) is 43.8 Å². The number of aromatic nitrogens is 2. The van der Waals surface area contributed by atoms with Gasteiger partial charge in [-0.25, -0.2) is 4.39 Å². The molecule has 0 aliphatic heterocycles. The molecule has 0 radical (unpaired) electrons. The quantitative estimate of drug-likeness (QED) is 0.865. The third-order valence-corrected chi connectivity index (χ3v) is 2.81. The smallest absolute Gasteiger partial charge is 0.124 e. The number of anilines is 1. The van der Waals surface area contributed by atoms with Gasteiger partial charge in [-0.05, 0) is 34.1 Å². The highest BCUT2D eigenvalue weighted by Gasteiger charge is 2.11. The fraction of sp³-hybridized carbons (Fsp3) is 0.100. The summed E-state index contributed by atoms with van der Waals surface area (Å²) in [4.78, 5) is 0. The Kier molecular flexibility index (Phi) is 2.48. The van der Waals surface area contributed by atoms with Gasteiger partial charge < -0.3 is 5.73 Å². The average Bonchev–Trinajstić information content (AvgIpc) is 2.48. The van der Waals surface area contributed by atoms with Crippen molar-refractivity contribution < 1.29 is 4.39 Å². The van der Waals surface area contributed by atoms with Gasteiger partial charge in [0.05, 0.1) is 17.6 Å². The van der Waals surface area contributed by atoms with E-state index in [1.807, 2.05) is 0 Å². The molecule has 0 unspecified atom stereocenters. The Hall–Kier alpha value is -1.36. The summed E-state index contributed by atoms with van der Waals surface area (Å²) in [6.07, 6.45) is 1.57. The van der Waals surface area contributed by atoms with Gasteiger partial charge in [0.25, 0.3) is 0 Å². The summed E-state index contributed by atoms with van der Waals surface area (Å²) in [7, 11) is 1.79. The van der Waals surface area contributed by atoms with Gasteiger partial charge in [-0.15, -0.1) is 0 Å². The fourth-order valence-electron chi connectivity index (χ4n) is 1.47. The molecule has 0 fully saturated rings. The normalized spacial score (nSPS) is 10.6. The number of nitrogen functional groups attached to an aromatic ring is 1. The molecule has 2 rings (SSSR count). The summed E-state index contributed by atoms with van der Waals surface area (Å²) < 4.78 is 15.2. The van der Waals surface area contributed by atoms with E-state index in [0.29, 0.717) is 10.2 Å². The zero-order valence-corrected chi connectivity index (χ0v) is 9.62. The zero-order valence-electron chi connectivity index (χ0n) is 8.04. The Labute approximate surface area is 94.8 Å². The summed E-state index contributed by atoms with van der Waals surface area (Å²) >= 11 is 3.30. The molecule has 1 aromatic carbocycles. The maximum absolute atomic E-state index is 12.9. The van der Waals surface area contributed by atoms with Crippen LogP contribution in [0.15, 0.2) is 28.9 Å². The SMILES string of the molecule is Cn1ncc(N)c1-c1ccc(F)cc1Br. The predicted octanol–water partition coefficient (Wildman–Crippen LogP) is 2.57. The summed E-state index contributed by atoms with van der Waals surface area (Å²) in [6.45, 7) is 0. The van der Waals surface area contributed by atoms with Crippen molar-refractivity contribution in [3.05, 3.63) is 34.7 Å². The van der Waals surface area contributed by atoms with E-state index in [0.717, 1.165) is 11.3 Å². The first kappa shape index (κ1) is 10.2. The van der Waals surface area contributed by atoms with Gasteiger partial charge in [0, 0.05) is 17.1 Å². The van der Waals surface area contributed by atoms with Crippen LogP contribution in [0.1, 0.15) is 0 Å². The summed E-state index contributed by atoms with van der Waals surface area (Å²) in [5.74, 6) is -0.286. The van der Waals surface area contributed by atoms with Crippen molar-refractivity contribution in [3.8, 4) is 11.3 Å². The molecule has 3 nitrogen and oxygen atoms in total. The number of aryl methyl sites for hydroxylation is 1. The van der Waals surface area contributed by atoms with Crippen molar-refractivity contribution in [2.75, 3.05) is 5.73 Å². The van der Waals surface area contributed by atoms with Crippen molar-refractivity contribution in [1.29, 1.82) is 0 Å². The molecule has 2 N–H and O–H groups in total. The molecule has 0 amide bonds. The van der Waals surface area contributed by atoms with Crippen LogP contribution in [0.5, 0.6) is 0 Å². The lowest BCUT2D eigenvalue weighted by atomic mass is 10.1. The van der Waals surface area contributed by atoms with E-state index in [2.05, 4.69) is 21.0 Å². The van der Waals surface area contributed by atoms with Crippen LogP contribution in [0.3, 0.4) is 0 Å². The highest BCUT2D eigenvalue weighted by atomic mass is 79.9. The van der Waals surface area contributed by atoms with Gasteiger partial charge in [0.15, 0.2) is 0 Å². The van der Waals surface area contributed by atoms with Crippen LogP contribution in [0.25, 0.3) is 11.3 Å². The standard InChI is InChI=1S/C10H9BrFN3/c1-15-10(9(13)5-14-15)7-3-2-6(12)4-8(7)11/h2-5H,13H2,1H3. The Morgan fingerprint density at radius 1 is 1.47 bits per heavy atom. The third-order valence-electron chi connectivity index (χ3n) is 2.15. The molecule has 0 aliphatic carbocycles. The third kappa shape index (κ3) is 1.74. The van der Waals surface area contributed by atoms with Crippen molar-refractivity contribution in [2.24, 2.45) is 7.05 Å². The number of hydrogen-bond donors (Lipinski definition) is 1. The second kappa shape index (κ2) is 3.66. The number of halogens is 2. The first-order chi connectivity index (χ1) is 7.09. The lowest BCUT2D eigenvalue weighted by Crippen LogP contribution is -1.96. The molecule has 0 aliphatic rings. The molecule has 5 heteroatoms. The molecular weight excluding hydrogens is 261 g/mol. The predicted molar refractivity (Wildman–Crippen MR) is 60.7 cm³/mol. The van der Waals surface area contributed by atoms with Gasteiger partial charge in [-0.1, -0.05) is 0 Å². The molecule has 1 aromatic heterocycles. The molecule has 2 aromatic rings. The number of benzene rings is 1. The zero-order chi connectivity index (χ0) is 11.0. The van der Waals surface area contributed by atoms with Crippen LogP contribution in [0, 0.1) is 5.82 Å². The number of nitrogens with zero attached hydrogens (tertiary/aromatic N) is 2. The van der Waals surface area contributed by atoms with Crippen LogP contribution >= 0.6 is 15.9 Å². The Bertz CT molecular complexity index is 488. The maximum atomic E-state index is 12.9. The fourth-order valence-corrected chi connectivity index (χ4v) is 2.00. The van der Waals surface area contributed by atoms with Gasteiger partial charge in [0.1, 0.15) is 5.82 Å². The second-order valence-electron chi connectivity index (χ2n) is 3.20. The van der Waals surface area contributed by atoms with E-state index in [-0.39, 0.29) is 5.82 Å². The molecule has 0 bridgehead atoms. The minimum absolute atomic E-state index is 0.286. The lowest BCUT2D eigenvalue weighted by molar-refractivity contribution is 0.627. The molecule has 0 spiro atoms. The van der Waals surface area contributed by atoms with E-state index in [1.165, 1.54) is 12.1 Å². The van der Waals surface area contributed by atoms with Gasteiger partial charge in [0.2, 0.25) is 0 Å². The lowest BCUT2D eigenvalue weighted by Gasteiger charge is -2.06. The average molecular weight is 270 g/mol. The van der Waals surface area contributed by atoms with Crippen LogP contribution in [-0.2, 0) is 7.05 Å². The van der Waals surface area contributed by atoms with Crippen LogP contribution in [0.4, 0.5) is 10.1 Å². The summed E-state index contributed by atoms with van der Waals surface area (Å²) in [6, 6.07) is 4.47. The Balaban J connectivity index is 2.64. The van der Waals surface area contributed by atoms with E-state index >= 15 is 0 Å². The maximum Gasteiger partial charge on any atom is 0.124 e. The van der Waals surface area contributed by atoms with E-state index < -0.39 is 0 Å². The number of nitrogens with two attached hydrogens (primary N) is 1. The van der Waals surface area contributed by atoms with Crippen molar-refractivity contribution in [1.82, 2.24) is 9.78 Å². The summed E-state index contributed by atoms with van der Waals surface area (Å²) in [5, 5.41) is 4.03. The van der Waals surface area contributed by atoms with Gasteiger partial charge in [-0.2, -0.15) is 5.10 Å². The first-order valence-electron chi connectivity index (χ1n) is 4.32. The Morgan fingerprint density at radius 2 is 2.20 bits per heavy atom. The number of rotatable bonds is 1. The highest BCUT2D eigenvalue weighted by molar-refractivity contribution is 9.10. The Morgan fingerprint density at radius 3 is 2.73 bits per heavy atom. The highest BCUT2D eigenvalue weighted by Crippen LogP contribution is 2.31. The largest absolute Gasteiger partial charge is 0.396 e. The van der Waals surface area contributed by atoms with Crippen LogP contribution in [-0.4, -0.2) is 9.78 Å². The van der Waals surface area contributed by atoms with Crippen LogP contribution < -0.4 is 5.73 Å². The van der Waals surface area contributed by atoms with E-state index in [1.54, 1.807) is 24.0 Å². The second-order valence-corrected chi connectivity index (χ2v) is 4.05. The van der Waals surface area contributed by atoms with Gasteiger partial charge in [-0.3, -0.25) is 4.68 Å².